The highest BCUT2D eigenvalue weighted by atomic mass is 35.5. The largest absolute Gasteiger partial charge is 0.475 e. The number of carboxylic acid groups (broad SMARTS) is 1. The van der Waals surface area contributed by atoms with Crippen LogP contribution in [-0.2, 0) is 0 Å². The average Bonchev–Trinajstić information content (AvgIpc) is 2.51. The van der Waals surface area contributed by atoms with Gasteiger partial charge in [0.2, 0.25) is 5.82 Å². The lowest BCUT2D eigenvalue weighted by Gasteiger charge is -1.94. The fourth-order valence-corrected chi connectivity index (χ4v) is 1.11. The van der Waals surface area contributed by atoms with Crippen LogP contribution in [0.25, 0.3) is 11.2 Å². The summed E-state index contributed by atoms with van der Waals surface area (Å²) in [5, 5.41) is 8.64. The smallest absolute Gasteiger partial charge is 0.374 e. The summed E-state index contributed by atoms with van der Waals surface area (Å²) in [6.45, 7) is 0. The zero-order valence-corrected chi connectivity index (χ0v) is 6.91. The van der Waals surface area contributed by atoms with Crippen LogP contribution in [0.4, 0.5) is 0 Å². The maximum atomic E-state index is 10.5. The predicted octanol–water partition coefficient (Wildman–Crippen LogP) is 0.704. The third-order valence-electron chi connectivity index (χ3n) is 1.43. The van der Waals surface area contributed by atoms with Crippen molar-refractivity contribution in [1.82, 2.24) is 19.9 Å². The standard InChI is InChI=1S/C6H3ClN4O2/c7-3-2-4(9-1-8-2)11-5(10-3)6(12)13/h1H,(H,12,13)(H,8,9,10,11). The predicted molar refractivity (Wildman–Crippen MR) is 43.7 cm³/mol. The number of nitrogens with one attached hydrogen (secondary N) is 1. The van der Waals surface area contributed by atoms with Crippen LogP contribution in [0.3, 0.4) is 0 Å². The van der Waals surface area contributed by atoms with Crippen molar-refractivity contribution in [1.29, 1.82) is 0 Å². The number of nitrogens with zero attached hydrogens (tertiary/aromatic N) is 3. The molecule has 0 atom stereocenters. The normalized spacial score (nSPS) is 10.5. The lowest BCUT2D eigenvalue weighted by atomic mass is 10.5. The highest BCUT2D eigenvalue weighted by Gasteiger charge is 2.12. The number of imidazole rings is 1. The first-order chi connectivity index (χ1) is 6.18. The fraction of sp³-hybridized carbons (Fsp3) is 0. The molecule has 0 aliphatic carbocycles. The number of rotatable bonds is 1. The van der Waals surface area contributed by atoms with Crippen LogP contribution < -0.4 is 0 Å². The minimum Gasteiger partial charge on any atom is -0.475 e. The molecule has 0 amide bonds. The molecule has 0 aliphatic heterocycles. The third-order valence-corrected chi connectivity index (χ3v) is 1.71. The first-order valence-electron chi connectivity index (χ1n) is 3.28. The Labute approximate surface area is 76.6 Å². The van der Waals surface area contributed by atoms with Gasteiger partial charge in [-0.05, 0) is 0 Å². The molecule has 2 N–H and O–H groups in total. The van der Waals surface area contributed by atoms with Gasteiger partial charge in [0.1, 0.15) is 5.52 Å². The topological polar surface area (TPSA) is 91.8 Å². The van der Waals surface area contributed by atoms with E-state index in [1.54, 1.807) is 0 Å². The number of hydrogen-bond donors (Lipinski definition) is 2. The maximum Gasteiger partial charge on any atom is 0.374 e. The maximum absolute atomic E-state index is 10.5. The Bertz CT molecular complexity index is 480. The molecule has 0 unspecified atom stereocenters. The van der Waals surface area contributed by atoms with E-state index in [0.29, 0.717) is 5.52 Å². The van der Waals surface area contributed by atoms with Crippen LogP contribution in [-0.4, -0.2) is 31.0 Å². The number of aromatic amines is 1. The molecule has 7 heteroatoms. The van der Waals surface area contributed by atoms with Gasteiger partial charge < -0.3 is 10.1 Å². The monoisotopic (exact) mass is 198 g/mol. The molecule has 2 heterocycles. The lowest BCUT2D eigenvalue weighted by Crippen LogP contribution is -2.04. The van der Waals surface area contributed by atoms with E-state index in [-0.39, 0.29) is 16.6 Å². The van der Waals surface area contributed by atoms with Gasteiger partial charge in [-0.15, -0.1) is 0 Å². The van der Waals surface area contributed by atoms with Crippen molar-refractivity contribution >= 4 is 28.7 Å². The molecule has 0 aliphatic rings. The van der Waals surface area contributed by atoms with Gasteiger partial charge in [-0.25, -0.2) is 19.7 Å². The molecule has 66 valence electrons. The number of hydrogen-bond acceptors (Lipinski definition) is 4. The van der Waals surface area contributed by atoms with Crippen LogP contribution in [0.2, 0.25) is 5.15 Å². The van der Waals surface area contributed by atoms with Crippen molar-refractivity contribution in [3.05, 3.63) is 17.3 Å². The van der Waals surface area contributed by atoms with Crippen LogP contribution in [0.5, 0.6) is 0 Å². The van der Waals surface area contributed by atoms with Gasteiger partial charge >= 0.3 is 5.97 Å². The zero-order valence-electron chi connectivity index (χ0n) is 6.15. The number of aromatic nitrogens is 4. The minimum absolute atomic E-state index is 0.0555. The van der Waals surface area contributed by atoms with Crippen LogP contribution in [0.15, 0.2) is 6.33 Å². The first-order valence-corrected chi connectivity index (χ1v) is 3.66. The Morgan fingerprint density at radius 1 is 1.54 bits per heavy atom. The Morgan fingerprint density at radius 3 is 3.00 bits per heavy atom. The Hall–Kier alpha value is -1.69. The number of H-pyrrole nitrogens is 1. The van der Waals surface area contributed by atoms with E-state index in [0.717, 1.165) is 0 Å². The molecule has 13 heavy (non-hydrogen) atoms. The molecular weight excluding hydrogens is 196 g/mol. The molecule has 0 fully saturated rings. The van der Waals surface area contributed by atoms with Crippen LogP contribution >= 0.6 is 11.6 Å². The summed E-state index contributed by atoms with van der Waals surface area (Å²) in [4.78, 5) is 24.2. The van der Waals surface area contributed by atoms with Crippen molar-refractivity contribution in [3.63, 3.8) is 0 Å². The van der Waals surface area contributed by atoms with Crippen LogP contribution in [0, 0.1) is 0 Å². The third kappa shape index (κ3) is 1.20. The molecule has 2 rings (SSSR count). The Morgan fingerprint density at radius 2 is 2.31 bits per heavy atom. The number of halogens is 1. The minimum atomic E-state index is -1.23. The van der Waals surface area contributed by atoms with Gasteiger partial charge in [0.15, 0.2) is 10.8 Å². The molecule has 6 nitrogen and oxygen atoms in total. The van der Waals surface area contributed by atoms with Crippen LogP contribution in [0.1, 0.15) is 10.6 Å². The Balaban J connectivity index is 2.77. The number of fused-ring (bicyclic) bond motifs is 1. The van der Waals surface area contributed by atoms with E-state index in [4.69, 9.17) is 16.7 Å². The van der Waals surface area contributed by atoms with Gasteiger partial charge in [-0.3, -0.25) is 0 Å². The van der Waals surface area contributed by atoms with Gasteiger partial charge in [-0.1, -0.05) is 11.6 Å². The lowest BCUT2D eigenvalue weighted by molar-refractivity contribution is 0.0684. The summed E-state index contributed by atoms with van der Waals surface area (Å²) in [6.07, 6.45) is 1.37. The van der Waals surface area contributed by atoms with Crippen molar-refractivity contribution < 1.29 is 9.90 Å². The Kier molecular flexibility index (Phi) is 1.63. The van der Waals surface area contributed by atoms with E-state index < -0.39 is 5.97 Å². The zero-order chi connectivity index (χ0) is 9.42. The molecule has 0 spiro atoms. The van der Waals surface area contributed by atoms with E-state index in [1.165, 1.54) is 6.33 Å². The van der Waals surface area contributed by atoms with Gasteiger partial charge in [0.25, 0.3) is 0 Å². The van der Waals surface area contributed by atoms with Crippen molar-refractivity contribution in [2.24, 2.45) is 0 Å². The summed E-state index contributed by atoms with van der Waals surface area (Å²) in [5.74, 6) is -1.59. The average molecular weight is 199 g/mol. The van der Waals surface area contributed by atoms with Crippen molar-refractivity contribution in [2.45, 2.75) is 0 Å². The van der Waals surface area contributed by atoms with E-state index >= 15 is 0 Å². The highest BCUT2D eigenvalue weighted by Crippen LogP contribution is 2.15. The van der Waals surface area contributed by atoms with Gasteiger partial charge in [-0.2, -0.15) is 0 Å². The molecule has 0 bridgehead atoms. The summed E-state index contributed by atoms with van der Waals surface area (Å²) >= 11 is 5.66. The first kappa shape index (κ1) is 7.93. The van der Waals surface area contributed by atoms with E-state index in [9.17, 15) is 4.79 Å². The van der Waals surface area contributed by atoms with E-state index in [2.05, 4.69) is 19.9 Å². The highest BCUT2D eigenvalue weighted by molar-refractivity contribution is 6.33. The number of carbonyl (C=O) groups is 1. The SMILES string of the molecule is O=C(O)c1nc(Cl)c2[nH]cnc2n1. The molecule has 0 radical (unpaired) electrons. The molecule has 2 aromatic heterocycles. The second-order valence-electron chi connectivity index (χ2n) is 2.24. The molecular formula is C6H3ClN4O2. The van der Waals surface area contributed by atoms with Crippen molar-refractivity contribution in [2.75, 3.05) is 0 Å². The quantitative estimate of drug-likeness (QED) is 0.659. The second-order valence-corrected chi connectivity index (χ2v) is 2.60. The molecule has 0 saturated carbocycles. The summed E-state index contributed by atoms with van der Waals surface area (Å²) in [7, 11) is 0. The summed E-state index contributed by atoms with van der Waals surface area (Å²) in [6, 6.07) is 0. The van der Waals surface area contributed by atoms with E-state index in [1.807, 2.05) is 0 Å². The molecule has 0 saturated heterocycles. The fourth-order valence-electron chi connectivity index (χ4n) is 0.893. The number of aromatic carboxylic acids is 1. The summed E-state index contributed by atoms with van der Waals surface area (Å²) in [5.41, 5.74) is 0.684. The molecule has 0 aromatic carbocycles. The number of carboxylic acids is 1. The second kappa shape index (κ2) is 2.67. The van der Waals surface area contributed by atoms with Gasteiger partial charge in [0.05, 0.1) is 6.33 Å². The summed E-state index contributed by atoms with van der Waals surface area (Å²) < 4.78 is 0. The molecule has 2 aromatic rings. The van der Waals surface area contributed by atoms with Gasteiger partial charge in [0, 0.05) is 0 Å². The van der Waals surface area contributed by atoms with Crippen molar-refractivity contribution in [3.8, 4) is 0 Å².